The Morgan fingerprint density at radius 2 is 1.88 bits per heavy atom. The molecule has 24 heavy (non-hydrogen) atoms. The van der Waals surface area contributed by atoms with Crippen LogP contribution in [-0.2, 0) is 12.8 Å². The standard InChI is InChI=1S/C18H24FN3O2/c1-11(8-15-6-5-7-16(19)10-15)20-18(23)21-12(2)9-17-13(3)22-24-14(17)4/h5-7,10-12H,8-9H2,1-4H3,(H2,20,21,23)/t11-,12-/m0/s1. The van der Waals surface area contributed by atoms with E-state index < -0.39 is 0 Å². The van der Waals surface area contributed by atoms with Gasteiger partial charge in [0, 0.05) is 17.6 Å². The van der Waals surface area contributed by atoms with Crippen molar-refractivity contribution >= 4 is 6.03 Å². The van der Waals surface area contributed by atoms with Gasteiger partial charge in [0.1, 0.15) is 11.6 Å². The zero-order chi connectivity index (χ0) is 17.7. The van der Waals surface area contributed by atoms with E-state index in [2.05, 4.69) is 15.8 Å². The molecule has 0 aliphatic heterocycles. The molecule has 0 aliphatic rings. The Labute approximate surface area is 141 Å². The van der Waals surface area contributed by atoms with Crippen LogP contribution >= 0.6 is 0 Å². The minimum absolute atomic E-state index is 0.0526. The highest BCUT2D eigenvalue weighted by Gasteiger charge is 2.15. The van der Waals surface area contributed by atoms with E-state index in [4.69, 9.17) is 4.52 Å². The molecule has 0 fully saturated rings. The Morgan fingerprint density at radius 3 is 2.46 bits per heavy atom. The Bertz CT molecular complexity index is 680. The predicted molar refractivity (Wildman–Crippen MR) is 90.4 cm³/mol. The molecule has 130 valence electrons. The number of amides is 2. The van der Waals surface area contributed by atoms with E-state index in [-0.39, 0.29) is 23.9 Å². The maximum absolute atomic E-state index is 13.2. The fourth-order valence-corrected chi connectivity index (χ4v) is 2.71. The summed E-state index contributed by atoms with van der Waals surface area (Å²) in [5.74, 6) is 0.512. The van der Waals surface area contributed by atoms with E-state index in [1.165, 1.54) is 12.1 Å². The lowest BCUT2D eigenvalue weighted by Crippen LogP contribution is -2.45. The number of rotatable bonds is 6. The Kier molecular flexibility index (Phi) is 5.95. The number of halogens is 1. The van der Waals surface area contributed by atoms with Crippen LogP contribution in [0.25, 0.3) is 0 Å². The average Bonchev–Trinajstić information content (AvgIpc) is 2.78. The van der Waals surface area contributed by atoms with Gasteiger partial charge in [0.2, 0.25) is 0 Å². The number of benzene rings is 1. The van der Waals surface area contributed by atoms with Crippen LogP contribution in [0.5, 0.6) is 0 Å². The summed E-state index contributed by atoms with van der Waals surface area (Å²) in [5.41, 5.74) is 2.73. The fraction of sp³-hybridized carbons (Fsp3) is 0.444. The van der Waals surface area contributed by atoms with Crippen LogP contribution in [-0.4, -0.2) is 23.3 Å². The highest BCUT2D eigenvalue weighted by molar-refractivity contribution is 5.74. The number of carbonyl (C=O) groups is 1. The number of nitrogens with one attached hydrogen (secondary N) is 2. The number of urea groups is 1. The van der Waals surface area contributed by atoms with Crippen LogP contribution in [0.4, 0.5) is 9.18 Å². The van der Waals surface area contributed by atoms with Crippen LogP contribution in [0.3, 0.4) is 0 Å². The zero-order valence-corrected chi connectivity index (χ0v) is 14.5. The van der Waals surface area contributed by atoms with Gasteiger partial charge >= 0.3 is 6.03 Å². The second-order valence-corrected chi connectivity index (χ2v) is 6.26. The highest BCUT2D eigenvalue weighted by atomic mass is 19.1. The second kappa shape index (κ2) is 7.95. The first-order valence-electron chi connectivity index (χ1n) is 8.08. The number of aryl methyl sites for hydroxylation is 2. The van der Waals surface area contributed by atoms with E-state index in [1.807, 2.05) is 33.8 Å². The first-order valence-corrected chi connectivity index (χ1v) is 8.08. The normalized spacial score (nSPS) is 13.4. The highest BCUT2D eigenvalue weighted by Crippen LogP contribution is 2.14. The molecule has 2 rings (SSSR count). The second-order valence-electron chi connectivity index (χ2n) is 6.26. The lowest BCUT2D eigenvalue weighted by Gasteiger charge is -2.18. The summed E-state index contributed by atoms with van der Waals surface area (Å²) in [7, 11) is 0. The van der Waals surface area contributed by atoms with Gasteiger partial charge in [-0.3, -0.25) is 0 Å². The van der Waals surface area contributed by atoms with Crippen LogP contribution in [0.1, 0.15) is 36.4 Å². The molecular formula is C18H24FN3O2. The first-order chi connectivity index (χ1) is 11.3. The van der Waals surface area contributed by atoms with E-state index in [0.29, 0.717) is 12.8 Å². The summed E-state index contributed by atoms with van der Waals surface area (Å²) in [6.45, 7) is 7.58. The molecule has 2 aromatic rings. The molecule has 0 unspecified atom stereocenters. The molecule has 0 aliphatic carbocycles. The smallest absolute Gasteiger partial charge is 0.315 e. The third-order valence-corrected chi connectivity index (χ3v) is 3.88. The molecule has 6 heteroatoms. The third-order valence-electron chi connectivity index (χ3n) is 3.88. The molecule has 0 saturated heterocycles. The number of aromatic nitrogens is 1. The summed E-state index contributed by atoms with van der Waals surface area (Å²) >= 11 is 0. The number of hydrogen-bond donors (Lipinski definition) is 2. The quantitative estimate of drug-likeness (QED) is 0.852. The molecule has 0 bridgehead atoms. The van der Waals surface area contributed by atoms with Crippen molar-refractivity contribution in [2.24, 2.45) is 0 Å². The Hall–Kier alpha value is -2.37. The van der Waals surface area contributed by atoms with E-state index >= 15 is 0 Å². The predicted octanol–water partition coefficient (Wildman–Crippen LogP) is 3.29. The van der Waals surface area contributed by atoms with Gasteiger partial charge in [-0.1, -0.05) is 17.3 Å². The van der Waals surface area contributed by atoms with E-state index in [9.17, 15) is 9.18 Å². The molecule has 5 nitrogen and oxygen atoms in total. The van der Waals surface area contributed by atoms with Crippen molar-refractivity contribution in [1.29, 1.82) is 0 Å². The largest absolute Gasteiger partial charge is 0.361 e. The van der Waals surface area contributed by atoms with Gasteiger partial charge in [0.05, 0.1) is 5.69 Å². The Morgan fingerprint density at radius 1 is 1.21 bits per heavy atom. The van der Waals surface area contributed by atoms with E-state index in [1.54, 1.807) is 6.07 Å². The maximum Gasteiger partial charge on any atom is 0.315 e. The van der Waals surface area contributed by atoms with Crippen LogP contribution in [0.2, 0.25) is 0 Å². The van der Waals surface area contributed by atoms with Gasteiger partial charge in [0.15, 0.2) is 0 Å². The molecule has 2 N–H and O–H groups in total. The monoisotopic (exact) mass is 333 g/mol. The number of carbonyl (C=O) groups excluding carboxylic acids is 1. The SMILES string of the molecule is Cc1noc(C)c1C[C@H](C)NC(=O)N[C@@H](C)Cc1cccc(F)c1. The van der Waals surface area contributed by atoms with Gasteiger partial charge in [-0.25, -0.2) is 9.18 Å². The van der Waals surface area contributed by atoms with Crippen molar-refractivity contribution in [1.82, 2.24) is 15.8 Å². The van der Waals surface area contributed by atoms with Crippen molar-refractivity contribution in [3.63, 3.8) is 0 Å². The summed E-state index contributed by atoms with van der Waals surface area (Å²) in [6, 6.07) is 6.02. The molecule has 1 heterocycles. The zero-order valence-electron chi connectivity index (χ0n) is 14.5. The van der Waals surface area contributed by atoms with Crippen molar-refractivity contribution < 1.29 is 13.7 Å². The van der Waals surface area contributed by atoms with Gasteiger partial charge in [0.25, 0.3) is 0 Å². The molecule has 1 aromatic heterocycles. The lowest BCUT2D eigenvalue weighted by atomic mass is 10.1. The van der Waals surface area contributed by atoms with Crippen molar-refractivity contribution in [3.8, 4) is 0 Å². The summed E-state index contributed by atoms with van der Waals surface area (Å²) < 4.78 is 18.3. The molecule has 2 atom stereocenters. The third kappa shape index (κ3) is 5.08. The fourth-order valence-electron chi connectivity index (χ4n) is 2.71. The van der Waals surface area contributed by atoms with Gasteiger partial charge < -0.3 is 15.2 Å². The molecule has 2 amide bonds. The maximum atomic E-state index is 13.2. The molecular weight excluding hydrogens is 309 g/mol. The minimum atomic E-state index is -0.266. The van der Waals surface area contributed by atoms with E-state index in [0.717, 1.165) is 22.6 Å². The molecule has 1 aromatic carbocycles. The van der Waals surface area contributed by atoms with Crippen LogP contribution < -0.4 is 10.6 Å². The first kappa shape index (κ1) is 18.0. The summed E-state index contributed by atoms with van der Waals surface area (Å²) in [5, 5.41) is 9.70. The summed E-state index contributed by atoms with van der Waals surface area (Å²) in [6.07, 6.45) is 1.23. The average molecular weight is 333 g/mol. The number of nitrogens with zero attached hydrogens (tertiary/aromatic N) is 1. The van der Waals surface area contributed by atoms with Gasteiger partial charge in [-0.15, -0.1) is 0 Å². The van der Waals surface area contributed by atoms with Crippen LogP contribution in [0.15, 0.2) is 28.8 Å². The minimum Gasteiger partial charge on any atom is -0.361 e. The van der Waals surface area contributed by atoms with Gasteiger partial charge in [-0.2, -0.15) is 0 Å². The van der Waals surface area contributed by atoms with Crippen molar-refractivity contribution in [2.75, 3.05) is 0 Å². The molecule has 0 radical (unpaired) electrons. The lowest BCUT2D eigenvalue weighted by molar-refractivity contribution is 0.234. The van der Waals surface area contributed by atoms with Gasteiger partial charge in [-0.05, 0) is 58.2 Å². The van der Waals surface area contributed by atoms with Crippen molar-refractivity contribution in [3.05, 3.63) is 52.7 Å². The Balaban J connectivity index is 1.81. The topological polar surface area (TPSA) is 67.2 Å². The molecule has 0 saturated carbocycles. The molecule has 0 spiro atoms. The van der Waals surface area contributed by atoms with Crippen LogP contribution in [0, 0.1) is 19.7 Å². The van der Waals surface area contributed by atoms with Crippen molar-refractivity contribution in [2.45, 2.75) is 52.6 Å². The summed E-state index contributed by atoms with van der Waals surface area (Å²) in [4.78, 5) is 12.1. The number of hydrogen-bond acceptors (Lipinski definition) is 3.